The fraction of sp³-hybridized carbons (Fsp3) is 0.444. The van der Waals surface area contributed by atoms with Crippen LogP contribution in [-0.2, 0) is 20.8 Å². The molecule has 0 spiro atoms. The number of benzene rings is 1. The summed E-state index contributed by atoms with van der Waals surface area (Å²) >= 11 is 0. The van der Waals surface area contributed by atoms with E-state index >= 15 is 0 Å². The Morgan fingerprint density at radius 3 is 2.41 bits per heavy atom. The number of hydrogen-bond acceptors (Lipinski definition) is 4. The van der Waals surface area contributed by atoms with E-state index in [0.29, 0.717) is 19.4 Å². The van der Waals surface area contributed by atoms with Crippen LogP contribution in [0.5, 0.6) is 0 Å². The molecule has 0 radical (unpaired) electrons. The van der Waals surface area contributed by atoms with Crippen molar-refractivity contribution in [1.29, 1.82) is 0 Å². The van der Waals surface area contributed by atoms with Gasteiger partial charge in [-0.05, 0) is 31.7 Å². The third kappa shape index (κ3) is 9.83. The van der Waals surface area contributed by atoms with Gasteiger partial charge in [0.2, 0.25) is 11.8 Å². The molecule has 27 heavy (non-hydrogen) atoms. The van der Waals surface area contributed by atoms with E-state index in [-0.39, 0.29) is 24.3 Å². The van der Waals surface area contributed by atoms with Gasteiger partial charge in [-0.15, -0.1) is 0 Å². The molecule has 2 amide bonds. The first-order valence-corrected chi connectivity index (χ1v) is 8.68. The molecule has 148 valence electrons. The number of guanidine groups is 1. The molecule has 1 aromatic carbocycles. The van der Waals surface area contributed by atoms with E-state index in [1.807, 2.05) is 37.3 Å². The number of aliphatic imine (C=N–C) groups is 1. The van der Waals surface area contributed by atoms with Gasteiger partial charge >= 0.3 is 5.97 Å². The minimum absolute atomic E-state index is 0.0533. The van der Waals surface area contributed by atoms with Crippen LogP contribution in [0.3, 0.4) is 0 Å². The highest BCUT2D eigenvalue weighted by Crippen LogP contribution is 2.05. The molecule has 9 nitrogen and oxygen atoms in total. The highest BCUT2D eigenvalue weighted by molar-refractivity contribution is 5.96. The second-order valence-corrected chi connectivity index (χ2v) is 6.24. The average molecular weight is 377 g/mol. The first-order valence-electron chi connectivity index (χ1n) is 8.68. The lowest BCUT2D eigenvalue weighted by molar-refractivity contribution is -0.141. The summed E-state index contributed by atoms with van der Waals surface area (Å²) in [5.74, 6) is -2.41. The minimum Gasteiger partial charge on any atom is -0.481 e. The van der Waals surface area contributed by atoms with Crippen LogP contribution in [0, 0.1) is 0 Å². The largest absolute Gasteiger partial charge is 0.481 e. The Hall–Kier alpha value is -3.10. The third-order valence-electron chi connectivity index (χ3n) is 3.68. The molecule has 9 heteroatoms. The summed E-state index contributed by atoms with van der Waals surface area (Å²) in [6.45, 7) is 2.17. The van der Waals surface area contributed by atoms with Crippen LogP contribution in [0.15, 0.2) is 35.3 Å². The maximum Gasteiger partial charge on any atom is 0.312 e. The van der Waals surface area contributed by atoms with Crippen molar-refractivity contribution in [1.82, 2.24) is 10.6 Å². The molecule has 0 saturated carbocycles. The Morgan fingerprint density at radius 1 is 1.15 bits per heavy atom. The number of nitrogens with two attached hydrogens (primary N) is 2. The van der Waals surface area contributed by atoms with Crippen molar-refractivity contribution >= 4 is 23.7 Å². The van der Waals surface area contributed by atoms with E-state index in [4.69, 9.17) is 16.6 Å². The zero-order chi connectivity index (χ0) is 20.2. The third-order valence-corrected chi connectivity index (χ3v) is 3.68. The highest BCUT2D eigenvalue weighted by atomic mass is 16.4. The highest BCUT2D eigenvalue weighted by Gasteiger charge is 2.22. The maximum atomic E-state index is 12.5. The predicted octanol–water partition coefficient (Wildman–Crippen LogP) is -0.253. The van der Waals surface area contributed by atoms with Crippen LogP contribution >= 0.6 is 0 Å². The number of nitrogens with one attached hydrogen (secondary N) is 2. The van der Waals surface area contributed by atoms with E-state index in [9.17, 15) is 14.4 Å². The smallest absolute Gasteiger partial charge is 0.312 e. The molecule has 1 aromatic rings. The van der Waals surface area contributed by atoms with Gasteiger partial charge in [0.05, 0.1) is 0 Å². The van der Waals surface area contributed by atoms with Crippen molar-refractivity contribution in [3.8, 4) is 0 Å². The minimum atomic E-state index is -1.26. The summed E-state index contributed by atoms with van der Waals surface area (Å²) in [7, 11) is 0. The molecule has 0 saturated heterocycles. The summed E-state index contributed by atoms with van der Waals surface area (Å²) in [5.41, 5.74) is 11.6. The molecule has 2 atom stereocenters. The standard InChI is InChI=1S/C18H27N5O4/c1-12(10-13-6-3-2-4-7-13)22-17(27)14(8-5-9-21-18(19)20)23-15(24)11-16(25)26/h2-4,6-7,12,14H,5,8-11H2,1H3,(H,22,27)(H,23,24)(H,25,26)(H4,19,20,21). The van der Waals surface area contributed by atoms with Crippen LogP contribution in [0.25, 0.3) is 0 Å². The summed E-state index contributed by atoms with van der Waals surface area (Å²) < 4.78 is 0. The monoisotopic (exact) mass is 377 g/mol. The van der Waals surface area contributed by atoms with Crippen molar-refractivity contribution in [2.24, 2.45) is 16.5 Å². The lowest BCUT2D eigenvalue weighted by atomic mass is 10.1. The molecule has 7 N–H and O–H groups in total. The molecule has 2 unspecified atom stereocenters. The number of aliphatic carboxylic acids is 1. The van der Waals surface area contributed by atoms with Crippen molar-refractivity contribution in [3.63, 3.8) is 0 Å². The van der Waals surface area contributed by atoms with E-state index in [1.165, 1.54) is 0 Å². The molecular weight excluding hydrogens is 350 g/mol. The summed E-state index contributed by atoms with van der Waals surface area (Å²) in [5, 5.41) is 14.0. The fourth-order valence-corrected chi connectivity index (χ4v) is 2.52. The SMILES string of the molecule is CC(Cc1ccccc1)NC(=O)C(CCCN=C(N)N)NC(=O)CC(=O)O. The fourth-order valence-electron chi connectivity index (χ4n) is 2.52. The van der Waals surface area contributed by atoms with Crippen LogP contribution < -0.4 is 22.1 Å². The van der Waals surface area contributed by atoms with E-state index in [0.717, 1.165) is 5.56 Å². The molecule has 0 fully saturated rings. The maximum absolute atomic E-state index is 12.5. The first kappa shape index (κ1) is 21.9. The summed E-state index contributed by atoms with van der Waals surface area (Å²) in [6, 6.07) is 8.66. The molecule has 0 aromatic heterocycles. The van der Waals surface area contributed by atoms with Gasteiger partial charge in [0.25, 0.3) is 0 Å². The second kappa shape index (κ2) is 11.5. The van der Waals surface area contributed by atoms with Gasteiger partial charge in [0.1, 0.15) is 12.5 Å². The number of rotatable bonds is 11. The Bertz CT molecular complexity index is 659. The van der Waals surface area contributed by atoms with Gasteiger partial charge in [-0.3, -0.25) is 19.4 Å². The molecular formula is C18H27N5O4. The van der Waals surface area contributed by atoms with Gasteiger partial charge < -0.3 is 27.2 Å². The molecule has 0 bridgehead atoms. The van der Waals surface area contributed by atoms with Crippen molar-refractivity contribution < 1.29 is 19.5 Å². The van der Waals surface area contributed by atoms with E-state index in [2.05, 4.69) is 15.6 Å². The van der Waals surface area contributed by atoms with Gasteiger partial charge in [-0.1, -0.05) is 30.3 Å². The van der Waals surface area contributed by atoms with Crippen molar-refractivity contribution in [2.45, 2.75) is 44.7 Å². The Balaban J connectivity index is 2.64. The second-order valence-electron chi connectivity index (χ2n) is 6.24. The van der Waals surface area contributed by atoms with Gasteiger partial charge in [-0.2, -0.15) is 0 Å². The summed E-state index contributed by atoms with van der Waals surface area (Å²) in [6.07, 6.45) is 0.677. The molecule has 0 aliphatic heterocycles. The zero-order valence-corrected chi connectivity index (χ0v) is 15.4. The lowest BCUT2D eigenvalue weighted by Gasteiger charge is -2.21. The Morgan fingerprint density at radius 2 is 1.81 bits per heavy atom. The average Bonchev–Trinajstić information content (AvgIpc) is 2.57. The first-order chi connectivity index (χ1) is 12.8. The Kier molecular flexibility index (Phi) is 9.35. The quantitative estimate of drug-likeness (QED) is 0.155. The predicted molar refractivity (Wildman–Crippen MR) is 102 cm³/mol. The molecule has 0 aliphatic carbocycles. The zero-order valence-electron chi connectivity index (χ0n) is 15.4. The molecule has 1 rings (SSSR count). The van der Waals surface area contributed by atoms with Crippen LogP contribution in [0.4, 0.5) is 0 Å². The van der Waals surface area contributed by atoms with Crippen molar-refractivity contribution in [2.75, 3.05) is 6.54 Å². The number of hydrogen-bond donors (Lipinski definition) is 5. The number of nitrogens with zero attached hydrogens (tertiary/aromatic N) is 1. The van der Waals surface area contributed by atoms with Crippen molar-refractivity contribution in [3.05, 3.63) is 35.9 Å². The lowest BCUT2D eigenvalue weighted by Crippen LogP contribution is -2.49. The number of amides is 2. The van der Waals surface area contributed by atoms with E-state index in [1.54, 1.807) is 0 Å². The topological polar surface area (TPSA) is 160 Å². The van der Waals surface area contributed by atoms with Gasteiger partial charge in [0.15, 0.2) is 5.96 Å². The number of carbonyl (C=O) groups excluding carboxylic acids is 2. The normalized spacial score (nSPS) is 12.5. The number of carboxylic acids is 1. The van der Waals surface area contributed by atoms with E-state index < -0.39 is 24.3 Å². The van der Waals surface area contributed by atoms with Gasteiger partial charge in [-0.25, -0.2) is 0 Å². The molecule has 0 aliphatic rings. The van der Waals surface area contributed by atoms with Gasteiger partial charge in [0, 0.05) is 12.6 Å². The number of carboxylic acid groups (broad SMARTS) is 1. The van der Waals surface area contributed by atoms with Crippen LogP contribution in [-0.4, -0.2) is 47.5 Å². The van der Waals surface area contributed by atoms with Crippen LogP contribution in [0.2, 0.25) is 0 Å². The number of carbonyl (C=O) groups is 3. The Labute approximate surface area is 158 Å². The molecule has 0 heterocycles. The summed E-state index contributed by atoms with van der Waals surface area (Å²) in [4.78, 5) is 38.8. The van der Waals surface area contributed by atoms with Crippen LogP contribution in [0.1, 0.15) is 31.7 Å².